The summed E-state index contributed by atoms with van der Waals surface area (Å²) in [5.74, 6) is 1.65. The van der Waals surface area contributed by atoms with E-state index in [4.69, 9.17) is 10.7 Å². The van der Waals surface area contributed by atoms with Gasteiger partial charge in [-0.15, -0.1) is 0 Å². The van der Waals surface area contributed by atoms with Crippen LogP contribution in [0.1, 0.15) is 58.2 Å². The second-order valence-corrected chi connectivity index (χ2v) is 6.14. The molecule has 0 bridgehead atoms. The van der Waals surface area contributed by atoms with Gasteiger partial charge in [-0.05, 0) is 43.9 Å². The Morgan fingerprint density at radius 1 is 1.37 bits per heavy atom. The first kappa shape index (κ1) is 12.5. The van der Waals surface area contributed by atoms with Crippen molar-refractivity contribution in [2.75, 3.05) is 5.73 Å². The predicted molar refractivity (Wildman–Crippen MR) is 80.4 cm³/mol. The molecule has 0 unspecified atom stereocenters. The van der Waals surface area contributed by atoms with Gasteiger partial charge in [0.25, 0.3) is 0 Å². The third kappa shape index (κ3) is 1.75. The zero-order chi connectivity index (χ0) is 13.6. The minimum Gasteiger partial charge on any atom is -0.399 e. The van der Waals surface area contributed by atoms with Gasteiger partial charge < -0.3 is 10.3 Å². The number of imidazole rings is 1. The Morgan fingerprint density at radius 2 is 2.11 bits per heavy atom. The molecule has 1 aliphatic carbocycles. The molecule has 0 spiro atoms. The summed E-state index contributed by atoms with van der Waals surface area (Å²) in [6, 6.07) is 6.13. The monoisotopic (exact) mass is 257 g/mol. The Bertz CT molecular complexity index is 600. The zero-order valence-electron chi connectivity index (χ0n) is 12.1. The molecular formula is C16H23N3. The van der Waals surface area contributed by atoms with Crippen LogP contribution in [0.3, 0.4) is 0 Å². The number of hydrogen-bond donors (Lipinski definition) is 1. The van der Waals surface area contributed by atoms with E-state index in [-0.39, 0.29) is 0 Å². The van der Waals surface area contributed by atoms with Gasteiger partial charge in [-0.2, -0.15) is 0 Å². The molecule has 0 radical (unpaired) electrons. The highest BCUT2D eigenvalue weighted by Gasteiger charge is 2.39. The van der Waals surface area contributed by atoms with Crippen molar-refractivity contribution in [2.45, 2.75) is 57.9 Å². The van der Waals surface area contributed by atoms with Crippen LogP contribution in [-0.4, -0.2) is 9.55 Å². The van der Waals surface area contributed by atoms with E-state index >= 15 is 0 Å². The first-order valence-corrected chi connectivity index (χ1v) is 7.36. The average molecular weight is 257 g/mol. The van der Waals surface area contributed by atoms with Crippen molar-refractivity contribution in [3.63, 3.8) is 0 Å². The first-order valence-electron chi connectivity index (χ1n) is 7.36. The van der Waals surface area contributed by atoms with Crippen LogP contribution in [-0.2, 0) is 5.54 Å². The predicted octanol–water partition coefficient (Wildman–Crippen LogP) is 4.03. The minimum absolute atomic E-state index is 0.296. The van der Waals surface area contributed by atoms with Gasteiger partial charge >= 0.3 is 0 Å². The number of rotatable bonds is 3. The molecule has 2 aromatic rings. The van der Waals surface area contributed by atoms with Crippen LogP contribution in [0, 0.1) is 0 Å². The van der Waals surface area contributed by atoms with Gasteiger partial charge in [-0.3, -0.25) is 0 Å². The molecule has 1 heterocycles. The molecule has 3 rings (SSSR count). The lowest BCUT2D eigenvalue weighted by Gasteiger charge is -2.44. The van der Waals surface area contributed by atoms with Gasteiger partial charge in [0.2, 0.25) is 0 Å². The Balaban J connectivity index is 2.28. The van der Waals surface area contributed by atoms with Crippen molar-refractivity contribution in [1.29, 1.82) is 0 Å². The molecule has 1 saturated carbocycles. The highest BCUT2D eigenvalue weighted by molar-refractivity contribution is 5.80. The third-order valence-corrected chi connectivity index (χ3v) is 4.64. The highest BCUT2D eigenvalue weighted by atomic mass is 15.2. The molecule has 1 aromatic heterocycles. The lowest BCUT2D eigenvalue weighted by atomic mass is 9.74. The number of nitrogen functional groups attached to an aromatic ring is 1. The van der Waals surface area contributed by atoms with Crippen LogP contribution in [0.4, 0.5) is 5.69 Å². The summed E-state index contributed by atoms with van der Waals surface area (Å²) >= 11 is 0. The van der Waals surface area contributed by atoms with Gasteiger partial charge in [0.1, 0.15) is 5.82 Å². The number of hydrogen-bond acceptors (Lipinski definition) is 2. The summed E-state index contributed by atoms with van der Waals surface area (Å²) in [5.41, 5.74) is 9.29. The average Bonchev–Trinajstić information content (AvgIpc) is 2.68. The maximum Gasteiger partial charge on any atom is 0.112 e. The zero-order valence-corrected chi connectivity index (χ0v) is 12.1. The van der Waals surface area contributed by atoms with E-state index in [1.807, 2.05) is 12.1 Å². The molecule has 0 saturated heterocycles. The van der Waals surface area contributed by atoms with Crippen molar-refractivity contribution in [2.24, 2.45) is 0 Å². The lowest BCUT2D eigenvalue weighted by molar-refractivity contribution is 0.136. The molecule has 102 valence electrons. The Kier molecular flexibility index (Phi) is 2.80. The summed E-state index contributed by atoms with van der Waals surface area (Å²) in [6.45, 7) is 6.75. The molecule has 0 atom stereocenters. The van der Waals surface area contributed by atoms with Crippen LogP contribution in [0.15, 0.2) is 18.2 Å². The number of anilines is 1. The summed E-state index contributed by atoms with van der Waals surface area (Å²) in [5, 5.41) is 0. The largest absolute Gasteiger partial charge is 0.399 e. The molecule has 0 amide bonds. The molecule has 2 N–H and O–H groups in total. The van der Waals surface area contributed by atoms with E-state index in [0.29, 0.717) is 11.5 Å². The smallest absolute Gasteiger partial charge is 0.112 e. The number of aromatic nitrogens is 2. The standard InChI is InChI=1S/C16H23N3/c1-4-16(8-5-9-16)19-14-7-6-12(17)10-13(14)18-15(19)11(2)3/h6-7,10-11H,4-5,8-9,17H2,1-3H3. The molecule has 0 aliphatic heterocycles. The normalized spacial score (nSPS) is 17.9. The van der Waals surface area contributed by atoms with E-state index in [1.165, 1.54) is 37.0 Å². The summed E-state index contributed by atoms with van der Waals surface area (Å²) in [4.78, 5) is 4.85. The van der Waals surface area contributed by atoms with Crippen molar-refractivity contribution >= 4 is 16.7 Å². The molecule has 1 aromatic carbocycles. The number of nitrogens with two attached hydrogens (primary N) is 1. The fourth-order valence-electron chi connectivity index (χ4n) is 3.32. The second-order valence-electron chi connectivity index (χ2n) is 6.14. The molecule has 3 heteroatoms. The fraction of sp³-hybridized carbons (Fsp3) is 0.562. The second kappa shape index (κ2) is 4.26. The summed E-state index contributed by atoms with van der Waals surface area (Å²) in [6.07, 6.45) is 5.07. The van der Waals surface area contributed by atoms with Crippen molar-refractivity contribution < 1.29 is 0 Å². The van der Waals surface area contributed by atoms with Gasteiger partial charge in [-0.1, -0.05) is 20.8 Å². The van der Waals surface area contributed by atoms with Crippen LogP contribution < -0.4 is 5.73 Å². The highest BCUT2D eigenvalue weighted by Crippen LogP contribution is 2.45. The first-order chi connectivity index (χ1) is 9.07. The topological polar surface area (TPSA) is 43.8 Å². The number of nitrogens with zero attached hydrogens (tertiary/aromatic N) is 2. The van der Waals surface area contributed by atoms with Gasteiger partial charge in [0.05, 0.1) is 11.0 Å². The fourth-order valence-corrected chi connectivity index (χ4v) is 3.32. The van der Waals surface area contributed by atoms with Crippen LogP contribution in [0.25, 0.3) is 11.0 Å². The van der Waals surface area contributed by atoms with Crippen molar-refractivity contribution in [3.8, 4) is 0 Å². The van der Waals surface area contributed by atoms with Gasteiger partial charge in [0, 0.05) is 17.1 Å². The quantitative estimate of drug-likeness (QED) is 0.844. The maximum atomic E-state index is 5.90. The van der Waals surface area contributed by atoms with Gasteiger partial charge in [-0.25, -0.2) is 4.98 Å². The molecule has 3 nitrogen and oxygen atoms in total. The van der Waals surface area contributed by atoms with E-state index < -0.39 is 0 Å². The molecule has 19 heavy (non-hydrogen) atoms. The number of benzene rings is 1. The van der Waals surface area contributed by atoms with E-state index in [0.717, 1.165) is 11.2 Å². The summed E-state index contributed by atoms with van der Waals surface area (Å²) in [7, 11) is 0. The van der Waals surface area contributed by atoms with Crippen LogP contribution in [0.2, 0.25) is 0 Å². The maximum absolute atomic E-state index is 5.90. The van der Waals surface area contributed by atoms with Crippen LogP contribution in [0.5, 0.6) is 0 Å². The van der Waals surface area contributed by atoms with E-state index in [1.54, 1.807) is 0 Å². The van der Waals surface area contributed by atoms with Gasteiger partial charge in [0.15, 0.2) is 0 Å². The SMILES string of the molecule is CCC1(n2c(C(C)C)nc3cc(N)ccc32)CCC1. The Hall–Kier alpha value is -1.51. The molecular weight excluding hydrogens is 234 g/mol. The van der Waals surface area contributed by atoms with E-state index in [2.05, 4.69) is 31.4 Å². The Labute approximate surface area is 114 Å². The lowest BCUT2D eigenvalue weighted by Crippen LogP contribution is -2.41. The van der Waals surface area contributed by atoms with Crippen LogP contribution >= 0.6 is 0 Å². The third-order valence-electron chi connectivity index (χ3n) is 4.64. The summed E-state index contributed by atoms with van der Waals surface area (Å²) < 4.78 is 2.51. The molecule has 1 fully saturated rings. The Morgan fingerprint density at radius 3 is 2.63 bits per heavy atom. The molecule has 1 aliphatic rings. The van der Waals surface area contributed by atoms with Crippen molar-refractivity contribution in [3.05, 3.63) is 24.0 Å². The van der Waals surface area contributed by atoms with E-state index in [9.17, 15) is 0 Å². The van der Waals surface area contributed by atoms with Crippen molar-refractivity contribution in [1.82, 2.24) is 9.55 Å². The minimum atomic E-state index is 0.296. The number of fused-ring (bicyclic) bond motifs is 1.